The van der Waals surface area contributed by atoms with Crippen LogP contribution >= 0.6 is 33.9 Å². The van der Waals surface area contributed by atoms with Crippen LogP contribution in [0.4, 0.5) is 5.69 Å². The summed E-state index contributed by atoms with van der Waals surface area (Å²) >= 11 is 3.84. The first-order chi connectivity index (χ1) is 7.79. The van der Waals surface area contributed by atoms with Gasteiger partial charge in [-0.15, -0.1) is 11.3 Å². The maximum atomic E-state index is 8.72. The quantitative estimate of drug-likeness (QED) is 0.862. The third-order valence-electron chi connectivity index (χ3n) is 2.10. The van der Waals surface area contributed by atoms with E-state index >= 15 is 0 Å². The molecule has 0 aliphatic heterocycles. The van der Waals surface area contributed by atoms with Gasteiger partial charge in [0, 0.05) is 20.7 Å². The molecule has 0 saturated heterocycles. The molecule has 0 aliphatic carbocycles. The monoisotopic (exact) mass is 340 g/mol. The number of anilines is 1. The lowest BCUT2D eigenvalue weighted by Crippen LogP contribution is -1.98. The van der Waals surface area contributed by atoms with E-state index in [4.69, 9.17) is 5.26 Å². The van der Waals surface area contributed by atoms with Crippen molar-refractivity contribution in [3.05, 3.63) is 49.7 Å². The second-order valence-corrected chi connectivity index (χ2v) is 5.54. The molecule has 0 unspecified atom stereocenters. The molecule has 2 nitrogen and oxygen atoms in total. The molecule has 0 radical (unpaired) electrons. The van der Waals surface area contributed by atoms with Gasteiger partial charge in [0.2, 0.25) is 0 Å². The molecule has 0 bridgehead atoms. The van der Waals surface area contributed by atoms with Gasteiger partial charge in [-0.3, -0.25) is 0 Å². The van der Waals surface area contributed by atoms with Crippen molar-refractivity contribution in [3.63, 3.8) is 0 Å². The molecule has 1 heterocycles. The van der Waals surface area contributed by atoms with Gasteiger partial charge in [0.1, 0.15) is 10.9 Å². The van der Waals surface area contributed by atoms with Gasteiger partial charge >= 0.3 is 0 Å². The Labute approximate surface area is 112 Å². The molecule has 0 atom stereocenters. The van der Waals surface area contributed by atoms with Crippen molar-refractivity contribution in [2.75, 3.05) is 5.32 Å². The zero-order valence-electron chi connectivity index (χ0n) is 8.40. The number of nitrogens with one attached hydrogen (secondary N) is 1. The summed E-state index contributed by atoms with van der Waals surface area (Å²) in [6.45, 7) is 0.770. The molecule has 2 rings (SSSR count). The Hall–Kier alpha value is -1.06. The number of hydrogen-bond acceptors (Lipinski definition) is 3. The lowest BCUT2D eigenvalue weighted by Gasteiger charge is -2.06. The first-order valence-corrected chi connectivity index (χ1v) is 6.66. The smallest absolute Gasteiger partial charge is 0.110 e. The van der Waals surface area contributed by atoms with Crippen molar-refractivity contribution < 1.29 is 0 Å². The van der Waals surface area contributed by atoms with E-state index in [1.165, 1.54) is 19.8 Å². The highest BCUT2D eigenvalue weighted by Crippen LogP contribution is 2.20. The molecule has 0 spiro atoms. The van der Waals surface area contributed by atoms with E-state index in [0.29, 0.717) is 0 Å². The van der Waals surface area contributed by atoms with E-state index in [0.717, 1.165) is 17.1 Å². The van der Waals surface area contributed by atoms with Gasteiger partial charge in [0.05, 0.1) is 0 Å². The van der Waals surface area contributed by atoms with Crippen molar-refractivity contribution >= 4 is 39.6 Å². The fraction of sp³-hybridized carbons (Fsp3) is 0.0833. The number of rotatable bonds is 3. The van der Waals surface area contributed by atoms with Crippen LogP contribution in [0, 0.1) is 14.9 Å². The van der Waals surface area contributed by atoms with Crippen molar-refractivity contribution in [1.82, 2.24) is 0 Å². The maximum absolute atomic E-state index is 8.72. The van der Waals surface area contributed by atoms with Crippen molar-refractivity contribution in [2.24, 2.45) is 0 Å². The number of nitriles is 1. The molecule has 0 aliphatic rings. The van der Waals surface area contributed by atoms with Crippen LogP contribution in [0.25, 0.3) is 0 Å². The molecular weight excluding hydrogens is 331 g/mol. The Balaban J connectivity index is 2.03. The average molecular weight is 340 g/mol. The Bertz CT molecular complexity index is 528. The van der Waals surface area contributed by atoms with Gasteiger partial charge in [-0.05, 0) is 46.9 Å². The molecule has 80 valence electrons. The summed E-state index contributed by atoms with van der Waals surface area (Å²) in [5.41, 5.74) is 1.13. The van der Waals surface area contributed by atoms with Gasteiger partial charge in [-0.2, -0.15) is 5.26 Å². The van der Waals surface area contributed by atoms with E-state index in [1.807, 2.05) is 24.3 Å². The summed E-state index contributed by atoms with van der Waals surface area (Å²) in [5, 5.41) is 12.1. The number of para-hydroxylation sites is 1. The van der Waals surface area contributed by atoms with Crippen LogP contribution in [0.2, 0.25) is 0 Å². The Morgan fingerprint density at radius 2 is 2.06 bits per heavy atom. The minimum Gasteiger partial charge on any atom is -0.379 e. The van der Waals surface area contributed by atoms with E-state index in [2.05, 4.69) is 46.1 Å². The highest BCUT2D eigenvalue weighted by molar-refractivity contribution is 14.1. The first kappa shape index (κ1) is 11.4. The molecule has 0 amide bonds. The summed E-state index contributed by atoms with van der Waals surface area (Å²) in [5.74, 6) is 0. The van der Waals surface area contributed by atoms with Gasteiger partial charge in [0.25, 0.3) is 0 Å². The molecule has 2 aromatic rings. The summed E-state index contributed by atoms with van der Waals surface area (Å²) in [6, 6.07) is 14.2. The van der Waals surface area contributed by atoms with Crippen molar-refractivity contribution in [1.29, 1.82) is 5.26 Å². The van der Waals surface area contributed by atoms with Gasteiger partial charge < -0.3 is 5.32 Å². The molecular formula is C12H9IN2S. The van der Waals surface area contributed by atoms with Crippen molar-refractivity contribution in [2.45, 2.75) is 6.54 Å². The third kappa shape index (κ3) is 2.74. The molecule has 0 fully saturated rings. The van der Waals surface area contributed by atoms with Crippen LogP contribution in [0.3, 0.4) is 0 Å². The topological polar surface area (TPSA) is 35.8 Å². The second-order valence-electron chi connectivity index (χ2n) is 3.21. The summed E-state index contributed by atoms with van der Waals surface area (Å²) in [6.07, 6.45) is 0. The third-order valence-corrected chi connectivity index (χ3v) is 4.03. The van der Waals surface area contributed by atoms with Crippen molar-refractivity contribution in [3.8, 4) is 6.07 Å². The lowest BCUT2D eigenvalue weighted by molar-refractivity contribution is 1.19. The van der Waals surface area contributed by atoms with E-state index < -0.39 is 0 Å². The lowest BCUT2D eigenvalue weighted by atomic mass is 10.3. The normalized spacial score (nSPS) is 9.75. The number of thiophene rings is 1. The van der Waals surface area contributed by atoms with E-state index in [-0.39, 0.29) is 0 Å². The average Bonchev–Trinajstić information content (AvgIpc) is 2.76. The summed E-state index contributed by atoms with van der Waals surface area (Å²) in [4.78, 5) is 1.94. The Morgan fingerprint density at radius 3 is 2.75 bits per heavy atom. The maximum Gasteiger partial charge on any atom is 0.110 e. The summed E-state index contributed by atoms with van der Waals surface area (Å²) in [7, 11) is 0. The highest BCUT2D eigenvalue weighted by Gasteiger charge is 2.00. The van der Waals surface area contributed by atoms with Crippen LogP contribution < -0.4 is 5.32 Å². The van der Waals surface area contributed by atoms with Crippen LogP contribution in [0.5, 0.6) is 0 Å². The Morgan fingerprint density at radius 1 is 1.25 bits per heavy atom. The fourth-order valence-corrected chi connectivity index (χ4v) is 2.64. The highest BCUT2D eigenvalue weighted by atomic mass is 127. The SMILES string of the molecule is N#Cc1ccc(CNc2ccccc2I)s1. The minimum atomic E-state index is 0.763. The Kier molecular flexibility index (Phi) is 3.80. The summed E-state index contributed by atoms with van der Waals surface area (Å²) < 4.78 is 1.21. The van der Waals surface area contributed by atoms with Gasteiger partial charge in [0.15, 0.2) is 0 Å². The van der Waals surface area contributed by atoms with Crippen LogP contribution in [-0.4, -0.2) is 0 Å². The largest absolute Gasteiger partial charge is 0.379 e. The number of benzene rings is 1. The second kappa shape index (κ2) is 5.32. The van der Waals surface area contributed by atoms with E-state index in [1.54, 1.807) is 0 Å². The number of nitrogens with zero attached hydrogens (tertiary/aromatic N) is 1. The number of hydrogen-bond donors (Lipinski definition) is 1. The van der Waals surface area contributed by atoms with Crippen LogP contribution in [0.1, 0.15) is 9.75 Å². The molecule has 16 heavy (non-hydrogen) atoms. The zero-order chi connectivity index (χ0) is 11.4. The van der Waals surface area contributed by atoms with Crippen LogP contribution in [-0.2, 0) is 6.54 Å². The fourth-order valence-electron chi connectivity index (χ4n) is 1.32. The van der Waals surface area contributed by atoms with Gasteiger partial charge in [-0.25, -0.2) is 0 Å². The first-order valence-electron chi connectivity index (χ1n) is 4.77. The van der Waals surface area contributed by atoms with Gasteiger partial charge in [-0.1, -0.05) is 12.1 Å². The van der Waals surface area contributed by atoms with E-state index in [9.17, 15) is 0 Å². The molecule has 4 heteroatoms. The zero-order valence-corrected chi connectivity index (χ0v) is 11.4. The predicted molar refractivity (Wildman–Crippen MR) is 75.5 cm³/mol. The minimum absolute atomic E-state index is 0.763. The molecule has 1 aromatic heterocycles. The number of halogens is 1. The molecule has 1 aromatic carbocycles. The van der Waals surface area contributed by atoms with Crippen LogP contribution in [0.15, 0.2) is 36.4 Å². The molecule has 0 saturated carbocycles. The predicted octanol–water partition coefficient (Wildman–Crippen LogP) is 3.84. The molecule has 1 N–H and O–H groups in total. The standard InChI is InChI=1S/C12H9IN2S/c13-11-3-1-2-4-12(11)15-8-10-6-5-9(7-14)16-10/h1-6,15H,8H2.